The van der Waals surface area contributed by atoms with Crippen LogP contribution in [0.15, 0.2) is 10.9 Å². The molecule has 0 unspecified atom stereocenters. The molecule has 0 saturated carbocycles. The lowest BCUT2D eigenvalue weighted by Crippen LogP contribution is -2.29. The molecule has 0 aromatic carbocycles. The van der Waals surface area contributed by atoms with Crippen molar-refractivity contribution in [2.45, 2.75) is 59.0 Å². The summed E-state index contributed by atoms with van der Waals surface area (Å²) >= 11 is 0. The number of rotatable bonds is 4. The molecule has 2 aromatic heterocycles. The second-order valence-corrected chi connectivity index (χ2v) is 6.31. The third-order valence-corrected chi connectivity index (χ3v) is 4.31. The lowest BCUT2D eigenvalue weighted by Gasteiger charge is -2.18. The van der Waals surface area contributed by atoms with Crippen LogP contribution in [0.25, 0.3) is 10.9 Å². The van der Waals surface area contributed by atoms with Gasteiger partial charge in [0.15, 0.2) is 0 Å². The van der Waals surface area contributed by atoms with Crippen LogP contribution in [0, 0.1) is 0 Å². The normalized spacial score (nSPS) is 14.3. The summed E-state index contributed by atoms with van der Waals surface area (Å²) in [6.45, 7) is 6.96. The smallest absolute Gasteiger partial charge is 0.327 e. The number of hydrogen-bond acceptors (Lipinski definition) is 4. The Morgan fingerprint density at radius 1 is 1.39 bits per heavy atom. The molecule has 0 N–H and O–H groups in total. The van der Waals surface area contributed by atoms with E-state index >= 15 is 0 Å². The number of carbonyl (C=O) groups is 1. The third kappa shape index (κ3) is 2.78. The summed E-state index contributed by atoms with van der Waals surface area (Å²) in [5.74, 6) is -0.257. The van der Waals surface area contributed by atoms with E-state index in [9.17, 15) is 9.59 Å². The number of hydrogen-bond donors (Lipinski definition) is 0. The quantitative estimate of drug-likeness (QED) is 0.811. The Morgan fingerprint density at radius 3 is 2.87 bits per heavy atom. The number of aryl methyl sites for hydroxylation is 2. The van der Waals surface area contributed by atoms with Gasteiger partial charge in [0.25, 0.3) is 5.56 Å². The van der Waals surface area contributed by atoms with Gasteiger partial charge in [-0.25, -0.2) is 4.68 Å². The molecule has 6 nitrogen and oxygen atoms in total. The van der Waals surface area contributed by atoms with Crippen LogP contribution in [-0.2, 0) is 29.0 Å². The fraction of sp³-hybridized carbons (Fsp3) is 0.588. The van der Waals surface area contributed by atoms with Crippen molar-refractivity contribution >= 4 is 16.9 Å². The van der Waals surface area contributed by atoms with E-state index in [1.807, 2.05) is 6.07 Å². The van der Waals surface area contributed by atoms with E-state index in [0.717, 1.165) is 37.0 Å². The van der Waals surface area contributed by atoms with Crippen molar-refractivity contribution < 1.29 is 9.53 Å². The standard InChI is InChI=1S/C17H23N3O3/c1-4-23-14(21)10-20-17(22)13-9-12-7-5-6-8-19(12)16(13)15(18-20)11(2)3/h9,11H,4-8,10H2,1-3H3. The largest absolute Gasteiger partial charge is 0.465 e. The van der Waals surface area contributed by atoms with Gasteiger partial charge in [0.1, 0.15) is 6.54 Å². The van der Waals surface area contributed by atoms with Crippen LogP contribution in [0.5, 0.6) is 0 Å². The molecule has 0 aliphatic carbocycles. The van der Waals surface area contributed by atoms with Crippen molar-refractivity contribution in [2.75, 3.05) is 6.61 Å². The summed E-state index contributed by atoms with van der Waals surface area (Å²) in [5, 5.41) is 5.16. The molecule has 3 heterocycles. The molecular formula is C17H23N3O3. The van der Waals surface area contributed by atoms with Crippen molar-refractivity contribution in [3.05, 3.63) is 27.8 Å². The lowest BCUT2D eigenvalue weighted by atomic mass is 10.1. The maximum Gasteiger partial charge on any atom is 0.327 e. The highest BCUT2D eigenvalue weighted by atomic mass is 16.5. The molecule has 0 spiro atoms. The van der Waals surface area contributed by atoms with E-state index < -0.39 is 5.97 Å². The van der Waals surface area contributed by atoms with Gasteiger partial charge in [-0.3, -0.25) is 9.59 Å². The first-order chi connectivity index (χ1) is 11.0. The van der Waals surface area contributed by atoms with Gasteiger partial charge in [-0.2, -0.15) is 5.10 Å². The van der Waals surface area contributed by atoms with Gasteiger partial charge in [0.05, 0.1) is 23.2 Å². The highest BCUT2D eigenvalue weighted by Gasteiger charge is 2.22. The molecule has 0 atom stereocenters. The minimum Gasteiger partial charge on any atom is -0.465 e. The van der Waals surface area contributed by atoms with Crippen molar-refractivity contribution in [3.63, 3.8) is 0 Å². The van der Waals surface area contributed by atoms with Crippen LogP contribution in [-0.4, -0.2) is 26.9 Å². The van der Waals surface area contributed by atoms with Crippen molar-refractivity contribution in [2.24, 2.45) is 0 Å². The molecule has 0 bridgehead atoms. The predicted molar refractivity (Wildman–Crippen MR) is 87.7 cm³/mol. The van der Waals surface area contributed by atoms with Gasteiger partial charge in [-0.05, 0) is 38.2 Å². The molecule has 0 saturated heterocycles. The van der Waals surface area contributed by atoms with E-state index in [1.165, 1.54) is 10.4 Å². The fourth-order valence-corrected chi connectivity index (χ4v) is 3.27. The molecule has 6 heteroatoms. The maximum absolute atomic E-state index is 12.7. The first kappa shape index (κ1) is 15.8. The molecular weight excluding hydrogens is 294 g/mol. The van der Waals surface area contributed by atoms with Crippen LogP contribution < -0.4 is 5.56 Å². The molecule has 1 aliphatic rings. The van der Waals surface area contributed by atoms with E-state index in [4.69, 9.17) is 4.74 Å². The predicted octanol–water partition coefficient (Wildman–Crippen LogP) is 2.22. The summed E-state index contributed by atoms with van der Waals surface area (Å²) < 4.78 is 8.44. The SMILES string of the molecule is CCOC(=O)Cn1nc(C(C)C)c2c(cc3n2CCCC3)c1=O. The summed E-state index contributed by atoms with van der Waals surface area (Å²) in [6.07, 6.45) is 3.27. The summed E-state index contributed by atoms with van der Waals surface area (Å²) in [4.78, 5) is 24.5. The Bertz CT molecular complexity index is 801. The number of aromatic nitrogens is 3. The highest BCUT2D eigenvalue weighted by Crippen LogP contribution is 2.28. The minimum atomic E-state index is -0.430. The monoisotopic (exact) mass is 317 g/mol. The zero-order valence-electron chi connectivity index (χ0n) is 14.0. The first-order valence-electron chi connectivity index (χ1n) is 8.31. The second kappa shape index (κ2) is 6.18. The molecule has 0 fully saturated rings. The zero-order chi connectivity index (χ0) is 16.6. The Kier molecular flexibility index (Phi) is 4.24. The average molecular weight is 317 g/mol. The Balaban J connectivity index is 2.19. The van der Waals surface area contributed by atoms with Gasteiger partial charge in [0.2, 0.25) is 0 Å². The van der Waals surface area contributed by atoms with Crippen LogP contribution in [0.1, 0.15) is 50.9 Å². The first-order valence-corrected chi connectivity index (χ1v) is 8.31. The summed E-state index contributed by atoms with van der Waals surface area (Å²) in [6, 6.07) is 1.98. The number of carbonyl (C=O) groups excluding carboxylic acids is 1. The van der Waals surface area contributed by atoms with Gasteiger partial charge in [-0.15, -0.1) is 0 Å². The number of fused-ring (bicyclic) bond motifs is 3. The van der Waals surface area contributed by atoms with Gasteiger partial charge >= 0.3 is 5.97 Å². The number of esters is 1. The minimum absolute atomic E-state index is 0.136. The molecule has 1 aliphatic heterocycles. The summed E-state index contributed by atoms with van der Waals surface area (Å²) in [7, 11) is 0. The number of nitrogens with zero attached hydrogens (tertiary/aromatic N) is 3. The van der Waals surface area contributed by atoms with Gasteiger partial charge in [-0.1, -0.05) is 13.8 Å². The van der Waals surface area contributed by atoms with Crippen molar-refractivity contribution in [1.29, 1.82) is 0 Å². The van der Waals surface area contributed by atoms with E-state index in [2.05, 4.69) is 23.5 Å². The average Bonchev–Trinajstić information content (AvgIpc) is 2.90. The van der Waals surface area contributed by atoms with Crippen LogP contribution in [0.3, 0.4) is 0 Å². The Labute approximate surface area is 135 Å². The zero-order valence-corrected chi connectivity index (χ0v) is 14.0. The van der Waals surface area contributed by atoms with Gasteiger partial charge < -0.3 is 9.30 Å². The van der Waals surface area contributed by atoms with Crippen LogP contribution in [0.2, 0.25) is 0 Å². The second-order valence-electron chi connectivity index (χ2n) is 6.31. The number of ether oxygens (including phenoxy) is 1. The lowest BCUT2D eigenvalue weighted by molar-refractivity contribution is -0.144. The fourth-order valence-electron chi connectivity index (χ4n) is 3.27. The molecule has 3 rings (SSSR count). The van der Waals surface area contributed by atoms with Crippen LogP contribution in [0.4, 0.5) is 0 Å². The summed E-state index contributed by atoms with van der Waals surface area (Å²) in [5.41, 5.74) is 2.80. The third-order valence-electron chi connectivity index (χ3n) is 4.31. The highest BCUT2D eigenvalue weighted by molar-refractivity contribution is 5.83. The molecule has 23 heavy (non-hydrogen) atoms. The molecule has 124 valence electrons. The molecule has 2 aromatic rings. The maximum atomic E-state index is 12.7. The van der Waals surface area contributed by atoms with E-state index in [1.54, 1.807) is 6.92 Å². The Morgan fingerprint density at radius 2 is 2.17 bits per heavy atom. The Hall–Kier alpha value is -2.11. The molecule has 0 radical (unpaired) electrons. The molecule has 0 amide bonds. The van der Waals surface area contributed by atoms with E-state index in [-0.39, 0.29) is 18.0 Å². The van der Waals surface area contributed by atoms with Gasteiger partial charge in [0, 0.05) is 12.2 Å². The van der Waals surface area contributed by atoms with E-state index in [0.29, 0.717) is 12.0 Å². The van der Waals surface area contributed by atoms with Crippen molar-refractivity contribution in [1.82, 2.24) is 14.3 Å². The van der Waals surface area contributed by atoms with Crippen molar-refractivity contribution in [3.8, 4) is 0 Å². The topological polar surface area (TPSA) is 66.1 Å². The van der Waals surface area contributed by atoms with Crippen LogP contribution >= 0.6 is 0 Å².